The van der Waals surface area contributed by atoms with Crippen molar-refractivity contribution >= 4 is 11.9 Å². The van der Waals surface area contributed by atoms with E-state index in [0.717, 1.165) is 5.56 Å². The van der Waals surface area contributed by atoms with Crippen LogP contribution >= 0.6 is 0 Å². The Morgan fingerprint density at radius 1 is 1.05 bits per heavy atom. The Hall–Kier alpha value is -4.08. The number of aliphatic hydroxyl groups excluding tert-OH is 2. The monoisotopic (exact) mass is 549 g/mol. The van der Waals surface area contributed by atoms with Crippen molar-refractivity contribution in [2.75, 3.05) is 20.8 Å². The summed E-state index contributed by atoms with van der Waals surface area (Å²) in [7, 11) is 2.89. The number of esters is 1. The molecule has 0 aliphatic carbocycles. The summed E-state index contributed by atoms with van der Waals surface area (Å²) in [6, 6.07) is 21.1. The third kappa shape index (κ3) is 6.38. The van der Waals surface area contributed by atoms with Gasteiger partial charge in [-0.3, -0.25) is 0 Å². The molecule has 9 nitrogen and oxygen atoms in total. The number of aliphatic hydroxyl groups is 2. The largest absolute Gasteiger partial charge is 0.497 e. The fraction of sp³-hybridized carbons (Fsp3) is 0.355. The summed E-state index contributed by atoms with van der Waals surface area (Å²) >= 11 is 0. The Morgan fingerprint density at radius 3 is 2.40 bits per heavy atom. The number of nitrogens with zero attached hydrogens (tertiary/aromatic N) is 1. The van der Waals surface area contributed by atoms with Crippen molar-refractivity contribution in [2.45, 2.75) is 50.7 Å². The first-order chi connectivity index (χ1) is 19.3. The highest BCUT2D eigenvalue weighted by Gasteiger charge is 2.40. The first-order valence-electron chi connectivity index (χ1n) is 13.1. The van der Waals surface area contributed by atoms with Crippen LogP contribution in [0.3, 0.4) is 0 Å². The highest BCUT2D eigenvalue weighted by Crippen LogP contribution is 2.39. The summed E-state index contributed by atoms with van der Waals surface area (Å²) in [5, 5.41) is 20.2. The summed E-state index contributed by atoms with van der Waals surface area (Å²) < 4.78 is 28.9. The molecule has 3 aromatic carbocycles. The molecule has 4 rings (SSSR count). The Kier molecular flexibility index (Phi) is 9.29. The van der Waals surface area contributed by atoms with E-state index in [2.05, 4.69) is 4.99 Å². The van der Waals surface area contributed by atoms with Crippen molar-refractivity contribution in [1.29, 1.82) is 0 Å². The van der Waals surface area contributed by atoms with Crippen LogP contribution in [0.25, 0.3) is 0 Å². The lowest BCUT2D eigenvalue weighted by atomic mass is 9.95. The summed E-state index contributed by atoms with van der Waals surface area (Å²) in [5.41, 5.74) is 1.14. The van der Waals surface area contributed by atoms with Gasteiger partial charge in [0.05, 0.1) is 20.8 Å². The number of aliphatic imine (C=N–C) groups is 1. The predicted octanol–water partition coefficient (Wildman–Crippen LogP) is 4.23. The van der Waals surface area contributed by atoms with Crippen LogP contribution in [0.2, 0.25) is 0 Å². The number of hydrogen-bond acceptors (Lipinski definition) is 9. The lowest BCUT2D eigenvalue weighted by molar-refractivity contribution is -0.143. The van der Waals surface area contributed by atoms with Crippen molar-refractivity contribution < 1.29 is 38.7 Å². The molecule has 0 saturated carbocycles. The van der Waals surface area contributed by atoms with E-state index in [-0.39, 0.29) is 6.61 Å². The minimum atomic E-state index is -1.14. The number of ether oxygens (including phenoxy) is 5. The lowest BCUT2D eigenvalue weighted by Gasteiger charge is -2.34. The molecule has 1 aliphatic heterocycles. The van der Waals surface area contributed by atoms with E-state index in [4.69, 9.17) is 23.7 Å². The molecule has 40 heavy (non-hydrogen) atoms. The predicted molar refractivity (Wildman–Crippen MR) is 149 cm³/mol. The first kappa shape index (κ1) is 28.9. The number of hydrogen-bond donors (Lipinski definition) is 2. The Bertz CT molecular complexity index is 1310. The van der Waals surface area contributed by atoms with E-state index in [1.54, 1.807) is 56.5 Å². The van der Waals surface area contributed by atoms with Crippen LogP contribution < -0.4 is 14.2 Å². The van der Waals surface area contributed by atoms with Gasteiger partial charge in [0, 0.05) is 5.56 Å². The first-order valence-corrected chi connectivity index (χ1v) is 13.1. The second kappa shape index (κ2) is 12.8. The van der Waals surface area contributed by atoms with Crippen molar-refractivity contribution in [2.24, 2.45) is 4.99 Å². The van der Waals surface area contributed by atoms with E-state index in [1.165, 1.54) is 7.11 Å². The number of rotatable bonds is 12. The maximum atomic E-state index is 12.7. The molecule has 0 aromatic heterocycles. The molecular formula is C31H35NO8. The molecule has 1 heterocycles. The third-order valence-electron chi connectivity index (χ3n) is 7.02. The molecule has 4 atom stereocenters. The molecule has 2 N–H and O–H groups in total. The fourth-order valence-corrected chi connectivity index (χ4v) is 4.29. The van der Waals surface area contributed by atoms with Gasteiger partial charge in [-0.15, -0.1) is 0 Å². The highest BCUT2D eigenvalue weighted by molar-refractivity contribution is 5.98. The molecule has 9 heteroatoms. The Balaban J connectivity index is 1.69. The number of carbonyl (C=O) groups excluding carboxylic acids is 1. The number of carbonyl (C=O) groups is 1. The van der Waals surface area contributed by atoms with Gasteiger partial charge in [-0.25, -0.2) is 9.79 Å². The van der Waals surface area contributed by atoms with Crippen LogP contribution in [0, 0.1) is 0 Å². The maximum absolute atomic E-state index is 12.7. The van der Waals surface area contributed by atoms with Gasteiger partial charge in [0.2, 0.25) is 5.90 Å². The zero-order chi connectivity index (χ0) is 28.7. The Labute approximate surface area is 233 Å². The molecule has 0 spiro atoms. The SMILES string of the molecule is CC[C@](C)(Oc1cc([C@H]2OC(c3ccc(OC)cc3)=N[C@@H]2C(=O)OC)ccc1OCc1ccccc1)[C@@H](O)CO. The van der Waals surface area contributed by atoms with Crippen LogP contribution in [-0.2, 0) is 20.9 Å². The molecule has 212 valence electrons. The minimum absolute atomic E-state index is 0.289. The molecule has 0 bridgehead atoms. The van der Waals surface area contributed by atoms with Crippen molar-refractivity contribution in [3.63, 3.8) is 0 Å². The summed E-state index contributed by atoms with van der Waals surface area (Å²) in [4.78, 5) is 17.3. The van der Waals surface area contributed by atoms with E-state index in [0.29, 0.717) is 40.7 Å². The molecule has 0 saturated heterocycles. The van der Waals surface area contributed by atoms with Crippen LogP contribution in [0.5, 0.6) is 17.2 Å². The quantitative estimate of drug-likeness (QED) is 0.323. The smallest absolute Gasteiger partial charge is 0.335 e. The molecular weight excluding hydrogens is 514 g/mol. The van der Waals surface area contributed by atoms with Gasteiger partial charge < -0.3 is 33.9 Å². The lowest BCUT2D eigenvalue weighted by Crippen LogP contribution is -2.46. The van der Waals surface area contributed by atoms with Gasteiger partial charge in [-0.2, -0.15) is 0 Å². The summed E-state index contributed by atoms with van der Waals surface area (Å²) in [6.07, 6.45) is -1.53. The van der Waals surface area contributed by atoms with Crippen molar-refractivity contribution in [3.8, 4) is 17.2 Å². The zero-order valence-electron chi connectivity index (χ0n) is 23.1. The van der Waals surface area contributed by atoms with Crippen LogP contribution in [0.4, 0.5) is 0 Å². The van der Waals surface area contributed by atoms with Gasteiger partial charge in [-0.05, 0) is 60.9 Å². The Morgan fingerprint density at radius 2 is 1.77 bits per heavy atom. The molecule has 0 fully saturated rings. The number of methoxy groups -OCH3 is 2. The van der Waals surface area contributed by atoms with Crippen LogP contribution in [-0.4, -0.2) is 60.7 Å². The minimum Gasteiger partial charge on any atom is -0.497 e. The molecule has 0 radical (unpaired) electrons. The van der Waals surface area contributed by atoms with Crippen LogP contribution in [0.15, 0.2) is 77.8 Å². The fourth-order valence-electron chi connectivity index (χ4n) is 4.29. The van der Waals surface area contributed by atoms with Gasteiger partial charge >= 0.3 is 5.97 Å². The highest BCUT2D eigenvalue weighted by atomic mass is 16.5. The molecule has 0 unspecified atom stereocenters. The van der Waals surface area contributed by atoms with E-state index >= 15 is 0 Å². The molecule has 0 amide bonds. The van der Waals surface area contributed by atoms with Gasteiger partial charge in [0.15, 0.2) is 23.6 Å². The maximum Gasteiger partial charge on any atom is 0.335 e. The van der Waals surface area contributed by atoms with Gasteiger partial charge in [0.25, 0.3) is 0 Å². The number of benzene rings is 3. The normalized spacial score (nSPS) is 18.6. The van der Waals surface area contributed by atoms with Crippen molar-refractivity contribution in [1.82, 2.24) is 0 Å². The van der Waals surface area contributed by atoms with Crippen LogP contribution in [0.1, 0.15) is 43.1 Å². The average Bonchev–Trinajstić information content (AvgIpc) is 3.45. The third-order valence-corrected chi connectivity index (χ3v) is 7.02. The summed E-state index contributed by atoms with van der Waals surface area (Å²) in [5.74, 6) is 1.19. The second-order valence-corrected chi connectivity index (χ2v) is 9.62. The van der Waals surface area contributed by atoms with E-state index in [9.17, 15) is 15.0 Å². The van der Waals surface area contributed by atoms with E-state index < -0.39 is 36.4 Å². The van der Waals surface area contributed by atoms with Crippen molar-refractivity contribution in [3.05, 3.63) is 89.5 Å². The van der Waals surface area contributed by atoms with Gasteiger partial charge in [0.1, 0.15) is 24.1 Å². The zero-order valence-corrected chi connectivity index (χ0v) is 23.1. The van der Waals surface area contributed by atoms with Gasteiger partial charge in [-0.1, -0.05) is 43.3 Å². The molecule has 3 aromatic rings. The topological polar surface area (TPSA) is 116 Å². The molecule has 1 aliphatic rings. The summed E-state index contributed by atoms with van der Waals surface area (Å²) in [6.45, 7) is 3.39. The second-order valence-electron chi connectivity index (χ2n) is 9.62. The van der Waals surface area contributed by atoms with E-state index in [1.807, 2.05) is 37.3 Å². The standard InChI is InChI=1S/C31H35NO8/c1-5-31(2,26(34)18-33)40-25-17-22(13-16-24(25)38-19-20-9-7-6-8-10-20)28-27(30(35)37-4)32-29(39-28)21-11-14-23(36-3)15-12-21/h6-17,26-28,33-34H,5,18-19H2,1-4H3/t26-,27-,28+,31-/m0/s1. The average molecular weight is 550 g/mol.